The molecule has 1 aliphatic carbocycles. The summed E-state index contributed by atoms with van der Waals surface area (Å²) in [4.78, 5) is 27.3. The molecule has 1 atom stereocenters. The predicted octanol–water partition coefficient (Wildman–Crippen LogP) is 3.68. The molecule has 6 heteroatoms. The Kier molecular flexibility index (Phi) is 5.79. The minimum Gasteiger partial charge on any atom is -0.460 e. The average Bonchev–Trinajstić information content (AvgIpc) is 3.45. The van der Waals surface area contributed by atoms with E-state index in [9.17, 15) is 9.59 Å². The number of rotatable bonds is 6. The molecule has 2 amide bonds. The maximum absolute atomic E-state index is 12.9. The monoisotopic (exact) mass is 386 g/mol. The number of nitrogens with one attached hydrogen (secondary N) is 1. The topological polar surface area (TPSA) is 67.9 Å². The third-order valence-electron chi connectivity index (χ3n) is 5.29. The van der Waals surface area contributed by atoms with Crippen LogP contribution in [0, 0.1) is 0 Å². The number of carbonyl (C=O) groups excluding carboxylic acids is 2. The lowest BCUT2D eigenvalue weighted by Crippen LogP contribution is -2.49. The van der Waals surface area contributed by atoms with Crippen molar-refractivity contribution in [3.63, 3.8) is 0 Å². The Morgan fingerprint density at radius 1 is 1.18 bits per heavy atom. The van der Waals surface area contributed by atoms with Crippen LogP contribution in [0.3, 0.4) is 0 Å². The Balaban J connectivity index is 1.95. The summed E-state index contributed by atoms with van der Waals surface area (Å²) in [5, 5.41) is 3.01. The largest absolute Gasteiger partial charge is 0.460 e. The molecule has 1 saturated carbocycles. The number of esters is 1. The summed E-state index contributed by atoms with van der Waals surface area (Å²) in [6, 6.07) is 7.56. The first kappa shape index (κ1) is 20.4. The van der Waals surface area contributed by atoms with Crippen molar-refractivity contribution in [2.45, 2.75) is 58.0 Å². The van der Waals surface area contributed by atoms with Crippen molar-refractivity contribution in [1.29, 1.82) is 0 Å². The van der Waals surface area contributed by atoms with Crippen LogP contribution in [0.15, 0.2) is 35.5 Å². The molecular weight excluding hydrogens is 356 g/mol. The van der Waals surface area contributed by atoms with Crippen LogP contribution >= 0.6 is 0 Å². The Bertz CT molecular complexity index is 773. The summed E-state index contributed by atoms with van der Waals surface area (Å²) in [5.41, 5.74) is 3.27. The molecule has 1 aromatic rings. The zero-order valence-electron chi connectivity index (χ0n) is 17.4. The molecule has 28 heavy (non-hydrogen) atoms. The molecule has 2 aliphatic rings. The number of allylic oxidation sites excluding steroid dienone is 1. The SMILES string of the molecule is COCCOC(=O)C1=C(C)N(C2CC2)C(=O)NC1c1ccc(C(C)(C)C)cc1. The van der Waals surface area contributed by atoms with Crippen LogP contribution in [0.1, 0.15) is 57.7 Å². The van der Waals surface area contributed by atoms with E-state index in [1.165, 1.54) is 5.56 Å². The van der Waals surface area contributed by atoms with Gasteiger partial charge >= 0.3 is 12.0 Å². The van der Waals surface area contributed by atoms with Crippen LogP contribution in [0.2, 0.25) is 0 Å². The van der Waals surface area contributed by atoms with Crippen LogP contribution < -0.4 is 5.32 Å². The Morgan fingerprint density at radius 2 is 1.82 bits per heavy atom. The highest BCUT2D eigenvalue weighted by molar-refractivity contribution is 5.95. The maximum Gasteiger partial charge on any atom is 0.338 e. The van der Waals surface area contributed by atoms with Gasteiger partial charge in [-0.3, -0.25) is 4.90 Å². The third-order valence-corrected chi connectivity index (χ3v) is 5.29. The second-order valence-electron chi connectivity index (χ2n) is 8.48. The lowest BCUT2D eigenvalue weighted by atomic mass is 9.85. The smallest absolute Gasteiger partial charge is 0.338 e. The standard InChI is InChI=1S/C22H30N2O4/c1-14-18(20(25)28-13-12-27-5)19(23-21(26)24(14)17-10-11-17)15-6-8-16(9-7-15)22(2,3)4/h6-9,17,19H,10-13H2,1-5H3,(H,23,26). The van der Waals surface area contributed by atoms with Gasteiger partial charge in [-0.25, -0.2) is 9.59 Å². The second kappa shape index (κ2) is 7.95. The number of hydrogen-bond donors (Lipinski definition) is 1. The lowest BCUT2D eigenvalue weighted by Gasteiger charge is -2.35. The fraction of sp³-hybridized carbons (Fsp3) is 0.545. The van der Waals surface area contributed by atoms with Crippen LogP contribution in [-0.4, -0.2) is 43.3 Å². The van der Waals surface area contributed by atoms with Gasteiger partial charge in [-0.2, -0.15) is 0 Å². The minimum absolute atomic E-state index is 0.0325. The first-order chi connectivity index (χ1) is 13.2. The number of nitrogens with zero attached hydrogens (tertiary/aromatic N) is 1. The van der Waals surface area contributed by atoms with Gasteiger partial charge in [-0.15, -0.1) is 0 Å². The molecule has 0 spiro atoms. The summed E-state index contributed by atoms with van der Waals surface area (Å²) >= 11 is 0. The van der Waals surface area contributed by atoms with E-state index < -0.39 is 12.0 Å². The molecule has 152 valence electrons. The van der Waals surface area contributed by atoms with Crippen molar-refractivity contribution in [1.82, 2.24) is 10.2 Å². The normalized spacial score (nSPS) is 20.2. The highest BCUT2D eigenvalue weighted by atomic mass is 16.6. The van der Waals surface area contributed by atoms with Crippen LogP contribution in [0.25, 0.3) is 0 Å². The molecule has 0 aromatic heterocycles. The molecule has 3 rings (SSSR count). The van der Waals surface area contributed by atoms with Crippen LogP contribution in [-0.2, 0) is 19.7 Å². The average molecular weight is 386 g/mol. The van der Waals surface area contributed by atoms with Gasteiger partial charge in [0.05, 0.1) is 18.2 Å². The van der Waals surface area contributed by atoms with Gasteiger partial charge in [0.1, 0.15) is 6.61 Å². The van der Waals surface area contributed by atoms with Crippen molar-refractivity contribution >= 4 is 12.0 Å². The number of carbonyl (C=O) groups is 2. The summed E-state index contributed by atoms with van der Waals surface area (Å²) in [6.07, 6.45) is 1.92. The first-order valence-electron chi connectivity index (χ1n) is 9.81. The molecule has 1 N–H and O–H groups in total. The fourth-order valence-electron chi connectivity index (χ4n) is 3.52. The van der Waals surface area contributed by atoms with E-state index in [-0.39, 0.29) is 24.1 Å². The van der Waals surface area contributed by atoms with Crippen molar-refractivity contribution in [3.05, 3.63) is 46.7 Å². The summed E-state index contributed by atoms with van der Waals surface area (Å²) in [7, 11) is 1.56. The molecule has 1 aromatic carbocycles. The molecule has 0 bridgehead atoms. The van der Waals surface area contributed by atoms with E-state index >= 15 is 0 Å². The third kappa shape index (κ3) is 4.22. The molecule has 1 aliphatic heterocycles. The van der Waals surface area contributed by atoms with Crippen molar-refractivity contribution in [3.8, 4) is 0 Å². The van der Waals surface area contributed by atoms with Gasteiger partial charge in [-0.1, -0.05) is 45.0 Å². The molecule has 6 nitrogen and oxygen atoms in total. The van der Waals surface area contributed by atoms with E-state index in [1.54, 1.807) is 12.0 Å². The van der Waals surface area contributed by atoms with Gasteiger partial charge in [0.2, 0.25) is 0 Å². The highest BCUT2D eigenvalue weighted by Gasteiger charge is 2.42. The Hall–Kier alpha value is -2.34. The van der Waals surface area contributed by atoms with Crippen molar-refractivity contribution in [2.24, 2.45) is 0 Å². The van der Waals surface area contributed by atoms with E-state index in [0.29, 0.717) is 17.9 Å². The quantitative estimate of drug-likeness (QED) is 0.598. The molecule has 1 unspecified atom stereocenters. The zero-order chi connectivity index (χ0) is 20.5. The zero-order valence-corrected chi connectivity index (χ0v) is 17.4. The molecule has 1 heterocycles. The summed E-state index contributed by atoms with van der Waals surface area (Å²) in [5.74, 6) is -0.412. The van der Waals surface area contributed by atoms with E-state index in [0.717, 1.165) is 18.4 Å². The van der Waals surface area contributed by atoms with Gasteiger partial charge in [0.15, 0.2) is 0 Å². The maximum atomic E-state index is 12.9. The highest BCUT2D eigenvalue weighted by Crippen LogP contribution is 2.38. The van der Waals surface area contributed by atoms with Gasteiger partial charge < -0.3 is 14.8 Å². The summed E-state index contributed by atoms with van der Waals surface area (Å²) < 4.78 is 10.4. The predicted molar refractivity (Wildman–Crippen MR) is 107 cm³/mol. The van der Waals surface area contributed by atoms with E-state index in [1.807, 2.05) is 19.1 Å². The fourth-order valence-corrected chi connectivity index (χ4v) is 3.52. The van der Waals surface area contributed by atoms with Crippen LogP contribution in [0.4, 0.5) is 4.79 Å². The second-order valence-corrected chi connectivity index (χ2v) is 8.48. The molecular formula is C22H30N2O4. The number of urea groups is 1. The number of amides is 2. The van der Waals surface area contributed by atoms with Crippen molar-refractivity contribution in [2.75, 3.05) is 20.3 Å². The minimum atomic E-state index is -0.522. The molecule has 0 saturated heterocycles. The number of hydrogen-bond acceptors (Lipinski definition) is 4. The first-order valence-corrected chi connectivity index (χ1v) is 9.81. The van der Waals surface area contributed by atoms with E-state index in [2.05, 4.69) is 38.2 Å². The van der Waals surface area contributed by atoms with Gasteiger partial charge in [0, 0.05) is 18.8 Å². The Labute approximate surface area is 166 Å². The number of methoxy groups -OCH3 is 1. The molecule has 1 fully saturated rings. The molecule has 0 radical (unpaired) electrons. The number of benzene rings is 1. The van der Waals surface area contributed by atoms with Crippen molar-refractivity contribution < 1.29 is 19.1 Å². The van der Waals surface area contributed by atoms with Crippen LogP contribution in [0.5, 0.6) is 0 Å². The Morgan fingerprint density at radius 3 is 2.36 bits per heavy atom. The number of ether oxygens (including phenoxy) is 2. The van der Waals surface area contributed by atoms with E-state index in [4.69, 9.17) is 9.47 Å². The summed E-state index contributed by atoms with van der Waals surface area (Å²) in [6.45, 7) is 8.81. The van der Waals surface area contributed by atoms with Gasteiger partial charge in [0.25, 0.3) is 0 Å². The van der Waals surface area contributed by atoms with Gasteiger partial charge in [-0.05, 0) is 36.3 Å². The lowest BCUT2D eigenvalue weighted by molar-refractivity contribution is -0.140.